The summed E-state index contributed by atoms with van der Waals surface area (Å²) in [7, 11) is 0. The van der Waals surface area contributed by atoms with Gasteiger partial charge >= 0.3 is 0 Å². The molecule has 1 aliphatic heterocycles. The quantitative estimate of drug-likeness (QED) is 0.718. The highest BCUT2D eigenvalue weighted by Crippen LogP contribution is 2.27. The monoisotopic (exact) mass is 396 g/mol. The Bertz CT molecular complexity index is 720. The number of amides is 2. The maximum absolute atomic E-state index is 13.9. The van der Waals surface area contributed by atoms with Crippen molar-refractivity contribution in [1.29, 1.82) is 0 Å². The molecular weight excluding hydrogens is 369 g/mol. The van der Waals surface area contributed by atoms with Gasteiger partial charge in [-0.05, 0) is 30.9 Å². The van der Waals surface area contributed by atoms with Crippen LogP contribution >= 0.6 is 0 Å². The van der Waals surface area contributed by atoms with E-state index in [2.05, 4.69) is 0 Å². The average Bonchev–Trinajstić information content (AvgIpc) is 2.97. The molecule has 0 spiro atoms. The molecule has 0 N–H and O–H groups in total. The lowest BCUT2D eigenvalue weighted by molar-refractivity contribution is -0.131. The first-order valence-electron chi connectivity index (χ1n) is 10.2. The van der Waals surface area contributed by atoms with Crippen LogP contribution in [0.3, 0.4) is 0 Å². The van der Waals surface area contributed by atoms with E-state index in [0.717, 1.165) is 18.6 Å². The van der Waals surface area contributed by atoms with E-state index in [0.29, 0.717) is 38.4 Å². The molecule has 0 radical (unpaired) electrons. The van der Waals surface area contributed by atoms with E-state index < -0.39 is 28.9 Å². The molecule has 1 heterocycles. The summed E-state index contributed by atoms with van der Waals surface area (Å²) in [4.78, 5) is 28.3. The first-order valence-corrected chi connectivity index (χ1v) is 10.2. The van der Waals surface area contributed by atoms with E-state index in [1.165, 1.54) is 37.0 Å². The first-order chi connectivity index (χ1) is 13.5. The second kappa shape index (κ2) is 9.43. The number of carbonyl (C=O) groups is 2. The Morgan fingerprint density at radius 3 is 2.29 bits per heavy atom. The van der Waals surface area contributed by atoms with E-state index in [-0.39, 0.29) is 12.5 Å². The van der Waals surface area contributed by atoms with Crippen LogP contribution in [0, 0.1) is 23.4 Å². The highest BCUT2D eigenvalue weighted by molar-refractivity contribution is 5.94. The van der Waals surface area contributed by atoms with Crippen LogP contribution in [0.15, 0.2) is 12.1 Å². The van der Waals surface area contributed by atoms with Crippen LogP contribution in [0.2, 0.25) is 0 Å². The molecule has 0 aromatic heterocycles. The normalized spacial score (nSPS) is 18.8. The van der Waals surface area contributed by atoms with Gasteiger partial charge in [0.2, 0.25) is 5.91 Å². The largest absolute Gasteiger partial charge is 0.341 e. The van der Waals surface area contributed by atoms with Crippen LogP contribution in [0.25, 0.3) is 0 Å². The Labute approximate surface area is 163 Å². The van der Waals surface area contributed by atoms with Gasteiger partial charge < -0.3 is 9.80 Å². The van der Waals surface area contributed by atoms with Gasteiger partial charge in [-0.25, -0.2) is 13.2 Å². The number of benzene rings is 1. The summed E-state index contributed by atoms with van der Waals surface area (Å²) in [6.45, 7) is 1.53. The van der Waals surface area contributed by atoms with Gasteiger partial charge in [0.05, 0.1) is 5.56 Å². The van der Waals surface area contributed by atoms with E-state index in [4.69, 9.17) is 0 Å². The van der Waals surface area contributed by atoms with Crippen molar-refractivity contribution in [2.45, 2.75) is 51.4 Å². The maximum atomic E-state index is 13.9. The molecular formula is C21H27F3N2O2. The average molecular weight is 396 g/mol. The molecule has 2 fully saturated rings. The summed E-state index contributed by atoms with van der Waals surface area (Å²) in [5.41, 5.74) is -0.476. The Hall–Kier alpha value is -2.05. The number of carbonyl (C=O) groups excluding carboxylic acids is 2. The van der Waals surface area contributed by atoms with Crippen LogP contribution in [0.1, 0.15) is 61.7 Å². The van der Waals surface area contributed by atoms with Crippen molar-refractivity contribution in [1.82, 2.24) is 9.80 Å². The minimum atomic E-state index is -1.64. The number of rotatable bonds is 4. The summed E-state index contributed by atoms with van der Waals surface area (Å²) in [6.07, 6.45) is 8.21. The molecule has 2 amide bonds. The van der Waals surface area contributed by atoms with Crippen LogP contribution in [0.4, 0.5) is 13.2 Å². The Balaban J connectivity index is 1.54. The Morgan fingerprint density at radius 2 is 1.54 bits per heavy atom. The molecule has 154 valence electrons. The molecule has 28 heavy (non-hydrogen) atoms. The Kier molecular flexibility index (Phi) is 6.97. The molecule has 0 unspecified atom stereocenters. The van der Waals surface area contributed by atoms with Gasteiger partial charge in [-0.2, -0.15) is 0 Å². The minimum absolute atomic E-state index is 0.0962. The van der Waals surface area contributed by atoms with Gasteiger partial charge in [0.15, 0.2) is 17.5 Å². The van der Waals surface area contributed by atoms with Crippen molar-refractivity contribution in [2.75, 3.05) is 26.2 Å². The zero-order valence-electron chi connectivity index (χ0n) is 16.1. The molecule has 0 bridgehead atoms. The minimum Gasteiger partial charge on any atom is -0.341 e. The Morgan fingerprint density at radius 1 is 0.857 bits per heavy atom. The van der Waals surface area contributed by atoms with Crippen molar-refractivity contribution >= 4 is 11.8 Å². The van der Waals surface area contributed by atoms with E-state index in [1.54, 1.807) is 4.90 Å². The number of hydrogen-bond donors (Lipinski definition) is 0. The molecule has 1 saturated heterocycles. The van der Waals surface area contributed by atoms with Crippen molar-refractivity contribution in [2.24, 2.45) is 5.92 Å². The molecule has 1 aromatic carbocycles. The topological polar surface area (TPSA) is 40.6 Å². The second-order valence-electron chi connectivity index (χ2n) is 7.79. The van der Waals surface area contributed by atoms with E-state index in [1.807, 2.05) is 0 Å². The maximum Gasteiger partial charge on any atom is 0.257 e. The van der Waals surface area contributed by atoms with Crippen molar-refractivity contribution in [3.05, 3.63) is 35.1 Å². The summed E-state index contributed by atoms with van der Waals surface area (Å²) in [6, 6.07) is 1.72. The van der Waals surface area contributed by atoms with Gasteiger partial charge in [-0.3, -0.25) is 9.59 Å². The lowest BCUT2D eigenvalue weighted by atomic mass is 9.86. The standard InChI is InChI=1S/C21H27F3N2O2/c22-17-9-8-16(19(23)20(17)24)21(28)26-12-4-11-25(13-14-26)18(27)10-7-15-5-2-1-3-6-15/h8-9,15H,1-7,10-14H2. The highest BCUT2D eigenvalue weighted by atomic mass is 19.2. The van der Waals surface area contributed by atoms with Crippen LogP contribution in [-0.2, 0) is 4.79 Å². The zero-order chi connectivity index (χ0) is 20.1. The molecule has 7 heteroatoms. The third kappa shape index (κ3) is 4.86. The van der Waals surface area contributed by atoms with Crippen LogP contribution < -0.4 is 0 Å². The molecule has 1 saturated carbocycles. The third-order valence-corrected chi connectivity index (χ3v) is 5.89. The molecule has 1 aromatic rings. The predicted molar refractivity (Wildman–Crippen MR) is 99.2 cm³/mol. The van der Waals surface area contributed by atoms with E-state index in [9.17, 15) is 22.8 Å². The van der Waals surface area contributed by atoms with Crippen LogP contribution in [-0.4, -0.2) is 47.8 Å². The van der Waals surface area contributed by atoms with Gasteiger partial charge in [0, 0.05) is 32.6 Å². The fourth-order valence-electron chi connectivity index (χ4n) is 4.19. The van der Waals surface area contributed by atoms with Crippen molar-refractivity contribution < 1.29 is 22.8 Å². The summed E-state index contributed by atoms with van der Waals surface area (Å²) in [5, 5.41) is 0. The van der Waals surface area contributed by atoms with E-state index >= 15 is 0 Å². The molecule has 0 atom stereocenters. The third-order valence-electron chi connectivity index (χ3n) is 5.89. The van der Waals surface area contributed by atoms with Crippen LogP contribution in [0.5, 0.6) is 0 Å². The molecule has 3 rings (SSSR count). The highest BCUT2D eigenvalue weighted by Gasteiger charge is 2.26. The number of halogens is 3. The SMILES string of the molecule is O=C(CCC1CCCCC1)N1CCCN(C(=O)c2ccc(F)c(F)c2F)CC1. The molecule has 2 aliphatic rings. The number of hydrogen-bond acceptors (Lipinski definition) is 2. The summed E-state index contributed by atoms with van der Waals surface area (Å²) in [5.74, 6) is -4.36. The summed E-state index contributed by atoms with van der Waals surface area (Å²) >= 11 is 0. The lowest BCUT2D eigenvalue weighted by Crippen LogP contribution is -2.37. The zero-order valence-corrected chi connectivity index (χ0v) is 16.1. The smallest absolute Gasteiger partial charge is 0.257 e. The fraction of sp³-hybridized carbons (Fsp3) is 0.619. The van der Waals surface area contributed by atoms with Crippen molar-refractivity contribution in [3.63, 3.8) is 0 Å². The number of nitrogens with zero attached hydrogens (tertiary/aromatic N) is 2. The second-order valence-corrected chi connectivity index (χ2v) is 7.79. The molecule has 4 nitrogen and oxygen atoms in total. The van der Waals surface area contributed by atoms with Crippen molar-refractivity contribution in [3.8, 4) is 0 Å². The van der Waals surface area contributed by atoms with Gasteiger partial charge in [-0.15, -0.1) is 0 Å². The summed E-state index contributed by atoms with van der Waals surface area (Å²) < 4.78 is 40.4. The predicted octanol–water partition coefficient (Wildman–Crippen LogP) is 4.14. The van der Waals surface area contributed by atoms with Gasteiger partial charge in [0.25, 0.3) is 5.91 Å². The first kappa shape index (κ1) is 20.7. The van der Waals surface area contributed by atoms with Gasteiger partial charge in [0.1, 0.15) is 0 Å². The molecule has 1 aliphatic carbocycles. The van der Waals surface area contributed by atoms with Gasteiger partial charge in [-0.1, -0.05) is 32.1 Å². The lowest BCUT2D eigenvalue weighted by Gasteiger charge is -2.24. The fourth-order valence-corrected chi connectivity index (χ4v) is 4.19.